The number of aromatic nitrogens is 1. The highest BCUT2D eigenvalue weighted by Crippen LogP contribution is 2.31. The molecule has 1 aliphatic heterocycles. The third-order valence-corrected chi connectivity index (χ3v) is 7.05. The van der Waals surface area contributed by atoms with Gasteiger partial charge in [-0.05, 0) is 24.3 Å². The molecule has 0 atom stereocenters. The van der Waals surface area contributed by atoms with Crippen molar-refractivity contribution in [3.8, 4) is 0 Å². The molecule has 1 saturated heterocycles. The lowest BCUT2D eigenvalue weighted by Crippen LogP contribution is -2.43. The van der Waals surface area contributed by atoms with Crippen molar-refractivity contribution in [2.45, 2.75) is 0 Å². The molecule has 8 heteroatoms. The molecule has 5 rings (SSSR count). The average molecular weight is 490 g/mol. The van der Waals surface area contributed by atoms with Crippen LogP contribution in [0, 0.1) is 5.82 Å². The van der Waals surface area contributed by atoms with Gasteiger partial charge in [0.25, 0.3) is 5.91 Å². The molecule has 1 amide bonds. The summed E-state index contributed by atoms with van der Waals surface area (Å²) in [6.45, 7) is 3.98. The lowest BCUT2D eigenvalue weighted by atomic mass is 10.0. The Morgan fingerprint density at radius 1 is 0.914 bits per heavy atom. The van der Waals surface area contributed by atoms with Gasteiger partial charge in [-0.25, -0.2) is 9.37 Å². The van der Waals surface area contributed by atoms with Crippen LogP contribution in [0.25, 0.3) is 10.2 Å². The summed E-state index contributed by atoms with van der Waals surface area (Å²) in [5, 5.41) is 0.452. The number of amides is 1. The van der Waals surface area contributed by atoms with E-state index < -0.39 is 5.82 Å². The number of anilines is 1. The van der Waals surface area contributed by atoms with Crippen molar-refractivity contribution in [3.05, 3.63) is 95.3 Å². The first kappa shape index (κ1) is 23.3. The molecule has 0 N–H and O–H groups in total. The van der Waals surface area contributed by atoms with E-state index in [4.69, 9.17) is 4.74 Å². The van der Waals surface area contributed by atoms with Gasteiger partial charge in [-0.3, -0.25) is 19.4 Å². The van der Waals surface area contributed by atoms with Gasteiger partial charge in [-0.1, -0.05) is 59.9 Å². The van der Waals surface area contributed by atoms with E-state index in [1.54, 1.807) is 53.4 Å². The molecule has 35 heavy (non-hydrogen) atoms. The molecule has 1 fully saturated rings. The molecule has 0 saturated carbocycles. The molecule has 2 heterocycles. The molecule has 4 aromatic rings. The molecular weight excluding hydrogens is 465 g/mol. The number of para-hydroxylation sites is 1. The van der Waals surface area contributed by atoms with E-state index in [0.29, 0.717) is 52.8 Å². The standard InChI is InChI=1S/C27H24FN3O3S/c28-22-7-4-8-23-24(22)29-27(35-23)31(14-13-30-15-17-34-18-16-30)26(33)21-11-9-20(10-12-21)25(32)19-5-2-1-3-6-19/h1-12H,13-18H2. The van der Waals surface area contributed by atoms with E-state index in [2.05, 4.69) is 9.88 Å². The molecule has 6 nitrogen and oxygen atoms in total. The number of ether oxygens (including phenoxy) is 1. The van der Waals surface area contributed by atoms with Gasteiger partial charge in [0.2, 0.25) is 0 Å². The van der Waals surface area contributed by atoms with Crippen molar-refractivity contribution in [2.75, 3.05) is 44.3 Å². The van der Waals surface area contributed by atoms with Crippen LogP contribution >= 0.6 is 11.3 Å². The SMILES string of the molecule is O=C(c1ccccc1)c1ccc(C(=O)N(CCN2CCOCC2)c2nc3c(F)cccc3s2)cc1. The number of ketones is 1. The second kappa shape index (κ2) is 10.4. The fourth-order valence-corrected chi connectivity index (χ4v) is 5.05. The number of carbonyl (C=O) groups excluding carboxylic acids is 2. The molecule has 1 aliphatic rings. The first-order valence-electron chi connectivity index (χ1n) is 11.5. The van der Waals surface area contributed by atoms with Gasteiger partial charge >= 0.3 is 0 Å². The van der Waals surface area contributed by atoms with Crippen LogP contribution in [0.15, 0.2) is 72.8 Å². The molecule has 1 aromatic heterocycles. The molecule has 3 aromatic carbocycles. The Hall–Kier alpha value is -3.46. The zero-order valence-electron chi connectivity index (χ0n) is 19.0. The minimum absolute atomic E-state index is 0.101. The number of benzene rings is 3. The normalized spacial score (nSPS) is 14.2. The average Bonchev–Trinajstić information content (AvgIpc) is 3.35. The van der Waals surface area contributed by atoms with Gasteiger partial charge in [-0.2, -0.15) is 0 Å². The van der Waals surface area contributed by atoms with Gasteiger partial charge in [0.05, 0.1) is 17.9 Å². The third-order valence-electron chi connectivity index (χ3n) is 6.01. The molecule has 0 unspecified atom stereocenters. The molecule has 0 aliphatic carbocycles. The Morgan fingerprint density at radius 3 is 2.31 bits per heavy atom. The Kier molecular flexibility index (Phi) is 6.94. The van der Waals surface area contributed by atoms with Crippen LogP contribution in [0.3, 0.4) is 0 Å². The summed E-state index contributed by atoms with van der Waals surface area (Å²) >= 11 is 1.29. The molecule has 0 spiro atoms. The summed E-state index contributed by atoms with van der Waals surface area (Å²) in [6, 6.07) is 20.5. The van der Waals surface area contributed by atoms with E-state index in [0.717, 1.165) is 13.1 Å². The smallest absolute Gasteiger partial charge is 0.260 e. The van der Waals surface area contributed by atoms with E-state index in [9.17, 15) is 14.0 Å². The number of carbonyl (C=O) groups is 2. The quantitative estimate of drug-likeness (QED) is 0.354. The molecule has 178 valence electrons. The van der Waals surface area contributed by atoms with Gasteiger partial charge in [0.1, 0.15) is 11.3 Å². The Morgan fingerprint density at radius 2 is 1.60 bits per heavy atom. The van der Waals surface area contributed by atoms with Crippen LogP contribution in [-0.4, -0.2) is 61.0 Å². The monoisotopic (exact) mass is 489 g/mol. The number of nitrogens with zero attached hydrogens (tertiary/aromatic N) is 3. The minimum Gasteiger partial charge on any atom is -0.379 e. The fraction of sp³-hybridized carbons (Fsp3) is 0.222. The zero-order chi connectivity index (χ0) is 24.2. The van der Waals surface area contributed by atoms with Crippen LogP contribution in [-0.2, 0) is 4.74 Å². The van der Waals surface area contributed by atoms with Crippen molar-refractivity contribution in [2.24, 2.45) is 0 Å². The highest BCUT2D eigenvalue weighted by Gasteiger charge is 2.24. The van der Waals surface area contributed by atoms with Gasteiger partial charge < -0.3 is 4.74 Å². The van der Waals surface area contributed by atoms with Crippen LogP contribution in [0.5, 0.6) is 0 Å². The maximum absolute atomic E-state index is 14.3. The fourth-order valence-electron chi connectivity index (χ4n) is 4.05. The molecule has 0 radical (unpaired) electrons. The summed E-state index contributed by atoms with van der Waals surface area (Å²) in [5.74, 6) is -0.749. The Balaban J connectivity index is 1.41. The number of thiazole rings is 1. The second-order valence-corrected chi connectivity index (χ2v) is 9.28. The van der Waals surface area contributed by atoms with Crippen molar-refractivity contribution in [1.29, 1.82) is 0 Å². The number of hydrogen-bond acceptors (Lipinski definition) is 6. The van der Waals surface area contributed by atoms with Gasteiger partial charge in [0, 0.05) is 42.9 Å². The van der Waals surface area contributed by atoms with Crippen molar-refractivity contribution in [1.82, 2.24) is 9.88 Å². The van der Waals surface area contributed by atoms with Crippen LogP contribution in [0.1, 0.15) is 26.3 Å². The topological polar surface area (TPSA) is 62.7 Å². The summed E-state index contributed by atoms with van der Waals surface area (Å²) in [5.41, 5.74) is 1.81. The summed E-state index contributed by atoms with van der Waals surface area (Å²) in [4.78, 5) is 34.6. The third kappa shape index (κ3) is 5.14. The van der Waals surface area contributed by atoms with E-state index >= 15 is 0 Å². The second-order valence-electron chi connectivity index (χ2n) is 8.27. The molecular formula is C27H24FN3O3S. The lowest BCUT2D eigenvalue weighted by molar-refractivity contribution is 0.0391. The number of halogens is 1. The van der Waals surface area contributed by atoms with E-state index in [1.165, 1.54) is 17.4 Å². The number of hydrogen-bond donors (Lipinski definition) is 0. The highest BCUT2D eigenvalue weighted by molar-refractivity contribution is 7.22. The van der Waals surface area contributed by atoms with Crippen molar-refractivity contribution in [3.63, 3.8) is 0 Å². The summed E-state index contributed by atoms with van der Waals surface area (Å²) in [7, 11) is 0. The maximum Gasteiger partial charge on any atom is 0.260 e. The predicted octanol–water partition coefficient (Wildman–Crippen LogP) is 4.65. The van der Waals surface area contributed by atoms with Crippen LogP contribution in [0.4, 0.5) is 9.52 Å². The van der Waals surface area contributed by atoms with Crippen molar-refractivity contribution >= 4 is 38.4 Å². The van der Waals surface area contributed by atoms with Gasteiger partial charge in [-0.15, -0.1) is 0 Å². The summed E-state index contributed by atoms with van der Waals surface area (Å²) < 4.78 is 20.4. The summed E-state index contributed by atoms with van der Waals surface area (Å²) in [6.07, 6.45) is 0. The van der Waals surface area contributed by atoms with Crippen LogP contribution in [0.2, 0.25) is 0 Å². The first-order chi connectivity index (χ1) is 17.1. The minimum atomic E-state index is -0.408. The largest absolute Gasteiger partial charge is 0.379 e. The number of fused-ring (bicyclic) bond motifs is 1. The Labute approximate surface area is 206 Å². The molecule has 0 bridgehead atoms. The maximum atomic E-state index is 14.3. The van der Waals surface area contributed by atoms with Crippen molar-refractivity contribution < 1.29 is 18.7 Å². The van der Waals surface area contributed by atoms with E-state index in [-0.39, 0.29) is 17.2 Å². The highest BCUT2D eigenvalue weighted by atomic mass is 32.1. The van der Waals surface area contributed by atoms with Gasteiger partial charge in [0.15, 0.2) is 10.9 Å². The predicted molar refractivity (Wildman–Crippen MR) is 135 cm³/mol. The van der Waals surface area contributed by atoms with Crippen LogP contribution < -0.4 is 4.90 Å². The lowest BCUT2D eigenvalue weighted by Gasteiger charge is -2.29. The Bertz CT molecular complexity index is 1340. The number of rotatable bonds is 7. The first-order valence-corrected chi connectivity index (χ1v) is 12.3. The van der Waals surface area contributed by atoms with E-state index in [1.807, 2.05) is 18.2 Å². The zero-order valence-corrected chi connectivity index (χ0v) is 19.8. The number of morpholine rings is 1.